The van der Waals surface area contributed by atoms with E-state index in [1.54, 1.807) is 6.08 Å². The lowest BCUT2D eigenvalue weighted by Crippen LogP contribution is -2.60. The number of hydrogen-bond donors (Lipinski definition) is 6. The molecule has 1 aliphatic heterocycles. The second-order valence-electron chi connectivity index (χ2n) is 13.0. The van der Waals surface area contributed by atoms with Crippen molar-refractivity contribution in [1.29, 1.82) is 0 Å². The van der Waals surface area contributed by atoms with E-state index in [-0.39, 0.29) is 12.5 Å². The third kappa shape index (κ3) is 22.4. The number of nitrogens with one attached hydrogen (secondary N) is 1. The first-order chi connectivity index (χ1) is 23.8. The third-order valence-electron chi connectivity index (χ3n) is 8.55. The molecule has 1 rings (SSSR count). The highest BCUT2D eigenvalue weighted by Crippen LogP contribution is 2.22. The Bertz CT molecular complexity index is 947. The largest absolute Gasteiger partial charge is 0.394 e. The monoisotopic (exact) mass is 692 g/mol. The molecule has 0 aliphatic carbocycles. The van der Waals surface area contributed by atoms with Gasteiger partial charge in [0.2, 0.25) is 5.91 Å². The minimum absolute atomic E-state index is 0.212. The molecule has 1 amide bonds. The maximum atomic E-state index is 12.8. The number of amides is 1. The molecule has 9 heteroatoms. The molecule has 1 heterocycles. The van der Waals surface area contributed by atoms with Crippen molar-refractivity contribution in [3.05, 3.63) is 60.8 Å². The Hall–Kier alpha value is -2.11. The minimum atomic E-state index is -1.58. The highest BCUT2D eigenvalue weighted by atomic mass is 16.7. The summed E-state index contributed by atoms with van der Waals surface area (Å²) in [5.41, 5.74) is 0. The van der Waals surface area contributed by atoms with Gasteiger partial charge in [-0.15, -0.1) is 0 Å². The summed E-state index contributed by atoms with van der Waals surface area (Å²) >= 11 is 0. The Balaban J connectivity index is 2.47. The molecular weight excluding hydrogens is 622 g/mol. The van der Waals surface area contributed by atoms with Crippen LogP contribution in [0.3, 0.4) is 0 Å². The van der Waals surface area contributed by atoms with Crippen LogP contribution in [0, 0.1) is 0 Å². The maximum Gasteiger partial charge on any atom is 0.220 e. The minimum Gasteiger partial charge on any atom is -0.394 e. The Morgan fingerprint density at radius 1 is 0.714 bits per heavy atom. The predicted molar refractivity (Wildman–Crippen MR) is 198 cm³/mol. The van der Waals surface area contributed by atoms with Gasteiger partial charge in [0.25, 0.3) is 0 Å². The molecule has 0 bridgehead atoms. The Morgan fingerprint density at radius 2 is 1.29 bits per heavy atom. The first kappa shape index (κ1) is 44.9. The standard InChI is InChI=1S/C40H69NO8/c1-3-5-7-9-11-13-15-16-17-18-19-20-22-24-26-28-30-36(44)41-33(32-48-40-39(47)38(46)37(45)35(31-42)49-40)34(43)29-27-25-23-21-14-12-10-8-6-4-2/h6,8,13-15,17-18,21,27,29,33-35,37-40,42-43,45-47H,3-5,7,9-12,16,19-20,22-26,28,30-32H2,1-2H3,(H,41,44)/b8-6+,15-13-,18-17-,21-14+,29-27+. The summed E-state index contributed by atoms with van der Waals surface area (Å²) in [6, 6.07) is -0.834. The zero-order valence-corrected chi connectivity index (χ0v) is 30.4. The Morgan fingerprint density at radius 3 is 1.92 bits per heavy atom. The quantitative estimate of drug-likeness (QED) is 0.0385. The average molecular weight is 692 g/mol. The molecule has 49 heavy (non-hydrogen) atoms. The van der Waals surface area contributed by atoms with Gasteiger partial charge in [-0.2, -0.15) is 0 Å². The molecule has 0 spiro atoms. The maximum absolute atomic E-state index is 12.8. The molecule has 0 aromatic carbocycles. The van der Waals surface area contributed by atoms with Crippen LogP contribution in [0.1, 0.15) is 129 Å². The molecular formula is C40H69NO8. The van der Waals surface area contributed by atoms with Crippen LogP contribution in [-0.2, 0) is 14.3 Å². The molecule has 9 nitrogen and oxygen atoms in total. The number of allylic oxidation sites excluding steroid dienone is 9. The number of unbranched alkanes of at least 4 members (excludes halogenated alkanes) is 11. The van der Waals surface area contributed by atoms with Crippen LogP contribution in [0.15, 0.2) is 60.8 Å². The summed E-state index contributed by atoms with van der Waals surface area (Å²) in [6.07, 6.45) is 31.3. The Labute approximate surface area is 296 Å². The van der Waals surface area contributed by atoms with Gasteiger partial charge in [-0.3, -0.25) is 4.79 Å². The van der Waals surface area contributed by atoms with Crippen LogP contribution in [-0.4, -0.2) is 87.5 Å². The average Bonchev–Trinajstić information content (AvgIpc) is 3.10. The second-order valence-corrected chi connectivity index (χ2v) is 13.0. The fourth-order valence-corrected chi connectivity index (χ4v) is 5.46. The van der Waals surface area contributed by atoms with E-state index >= 15 is 0 Å². The first-order valence-corrected chi connectivity index (χ1v) is 19.0. The van der Waals surface area contributed by atoms with Gasteiger partial charge < -0.3 is 40.3 Å². The predicted octanol–water partition coefficient (Wildman–Crippen LogP) is 6.49. The third-order valence-corrected chi connectivity index (χ3v) is 8.55. The van der Waals surface area contributed by atoms with Gasteiger partial charge in [0, 0.05) is 6.42 Å². The Kier molecular flexibility index (Phi) is 28.1. The summed E-state index contributed by atoms with van der Waals surface area (Å²) < 4.78 is 11.1. The topological polar surface area (TPSA) is 149 Å². The highest BCUT2D eigenvalue weighted by Gasteiger charge is 2.44. The fraction of sp³-hybridized carbons (Fsp3) is 0.725. The zero-order chi connectivity index (χ0) is 36.0. The van der Waals surface area contributed by atoms with Crippen LogP contribution in [0.2, 0.25) is 0 Å². The molecule has 0 aromatic rings. The van der Waals surface area contributed by atoms with Gasteiger partial charge in [-0.1, -0.05) is 113 Å². The molecule has 7 unspecified atom stereocenters. The van der Waals surface area contributed by atoms with E-state index in [2.05, 4.69) is 67.8 Å². The number of aliphatic hydroxyl groups excluding tert-OH is 5. The van der Waals surface area contributed by atoms with Gasteiger partial charge in [0.15, 0.2) is 6.29 Å². The van der Waals surface area contributed by atoms with Crippen molar-refractivity contribution in [3.8, 4) is 0 Å². The second kappa shape index (κ2) is 30.7. The molecule has 0 saturated carbocycles. The van der Waals surface area contributed by atoms with Crippen molar-refractivity contribution < 1.29 is 39.8 Å². The summed E-state index contributed by atoms with van der Waals surface area (Å²) in [5, 5.41) is 53.8. The van der Waals surface area contributed by atoms with Crippen molar-refractivity contribution >= 4 is 5.91 Å². The zero-order valence-electron chi connectivity index (χ0n) is 30.4. The van der Waals surface area contributed by atoms with Crippen LogP contribution in [0.25, 0.3) is 0 Å². The van der Waals surface area contributed by atoms with Crippen LogP contribution >= 0.6 is 0 Å². The smallest absolute Gasteiger partial charge is 0.220 e. The van der Waals surface area contributed by atoms with E-state index in [0.717, 1.165) is 77.0 Å². The number of ether oxygens (including phenoxy) is 2. The van der Waals surface area contributed by atoms with Gasteiger partial charge in [0.05, 0.1) is 25.4 Å². The molecule has 1 fully saturated rings. The summed E-state index contributed by atoms with van der Waals surface area (Å²) in [4.78, 5) is 12.8. The first-order valence-electron chi connectivity index (χ1n) is 19.0. The molecule has 0 aromatic heterocycles. The van der Waals surface area contributed by atoms with Gasteiger partial charge in [-0.25, -0.2) is 0 Å². The fourth-order valence-electron chi connectivity index (χ4n) is 5.46. The molecule has 282 valence electrons. The number of hydrogen-bond acceptors (Lipinski definition) is 8. The number of carbonyl (C=O) groups excluding carboxylic acids is 1. The SMILES string of the molecule is CC/C=C/CC/C=C/CC/C=C/C(O)C(COC1OC(CO)C(O)C(O)C1O)NC(=O)CCCCCCC/C=C\C/C=C\CCCCCC. The van der Waals surface area contributed by atoms with Crippen molar-refractivity contribution in [2.75, 3.05) is 13.2 Å². The lowest BCUT2D eigenvalue weighted by molar-refractivity contribution is -0.302. The van der Waals surface area contributed by atoms with Gasteiger partial charge >= 0.3 is 0 Å². The van der Waals surface area contributed by atoms with Crippen LogP contribution < -0.4 is 5.32 Å². The van der Waals surface area contributed by atoms with Crippen molar-refractivity contribution in [2.24, 2.45) is 0 Å². The van der Waals surface area contributed by atoms with E-state index in [4.69, 9.17) is 9.47 Å². The normalized spacial score (nSPS) is 23.1. The molecule has 1 saturated heterocycles. The van der Waals surface area contributed by atoms with Gasteiger partial charge in [-0.05, 0) is 70.6 Å². The summed E-state index contributed by atoms with van der Waals surface area (Å²) in [6.45, 7) is 3.56. The van der Waals surface area contributed by atoms with Crippen LogP contribution in [0.5, 0.6) is 0 Å². The molecule has 0 radical (unpaired) electrons. The highest BCUT2D eigenvalue weighted by molar-refractivity contribution is 5.76. The van der Waals surface area contributed by atoms with Gasteiger partial charge in [0.1, 0.15) is 24.4 Å². The van der Waals surface area contributed by atoms with E-state index < -0.39 is 49.5 Å². The summed E-state index contributed by atoms with van der Waals surface area (Å²) in [5.74, 6) is -0.212. The van der Waals surface area contributed by atoms with E-state index in [1.165, 1.54) is 32.1 Å². The van der Waals surface area contributed by atoms with Crippen LogP contribution in [0.4, 0.5) is 0 Å². The van der Waals surface area contributed by atoms with Crippen molar-refractivity contribution in [3.63, 3.8) is 0 Å². The van der Waals surface area contributed by atoms with E-state index in [0.29, 0.717) is 6.42 Å². The lowest BCUT2D eigenvalue weighted by atomic mass is 9.99. The summed E-state index contributed by atoms with van der Waals surface area (Å²) in [7, 11) is 0. The lowest BCUT2D eigenvalue weighted by Gasteiger charge is -2.40. The van der Waals surface area contributed by atoms with Crippen molar-refractivity contribution in [1.82, 2.24) is 5.32 Å². The number of carbonyl (C=O) groups is 1. The molecule has 6 N–H and O–H groups in total. The number of aliphatic hydroxyl groups is 5. The molecule has 7 atom stereocenters. The number of rotatable bonds is 29. The molecule has 1 aliphatic rings. The van der Waals surface area contributed by atoms with E-state index in [9.17, 15) is 30.3 Å². The van der Waals surface area contributed by atoms with E-state index in [1.807, 2.05) is 6.08 Å². The van der Waals surface area contributed by atoms with Crippen molar-refractivity contribution in [2.45, 2.75) is 172 Å².